The highest BCUT2D eigenvalue weighted by Crippen LogP contribution is 2.28. The minimum absolute atomic E-state index is 0.0932. The van der Waals surface area contributed by atoms with Gasteiger partial charge in [-0.1, -0.05) is 13.8 Å². The Morgan fingerprint density at radius 1 is 1.43 bits per heavy atom. The van der Waals surface area contributed by atoms with Gasteiger partial charge in [-0.15, -0.1) is 0 Å². The summed E-state index contributed by atoms with van der Waals surface area (Å²) in [6.07, 6.45) is 0.854. The van der Waals surface area contributed by atoms with Crippen molar-refractivity contribution in [2.75, 3.05) is 6.61 Å². The number of hydrogen-bond donors (Lipinski definition) is 0. The van der Waals surface area contributed by atoms with E-state index in [1.54, 1.807) is 6.07 Å². The lowest BCUT2D eigenvalue weighted by atomic mass is 10.1. The van der Waals surface area contributed by atoms with Crippen LogP contribution in [0.3, 0.4) is 0 Å². The molecule has 0 aromatic heterocycles. The van der Waals surface area contributed by atoms with Gasteiger partial charge >= 0.3 is 0 Å². The number of fused-ring (bicyclic) bond motifs is 1. The predicted molar refractivity (Wildman–Crippen MR) is 53.6 cm³/mol. The standard InChI is InChI=1S/C8H7NO3.C2H6/c10-9(11)7-2-1-6-3-4-12-8(6)5-7;1-2/h1-2,5H,3-4H2;1-2H3. The van der Waals surface area contributed by atoms with Crippen LogP contribution in [0.1, 0.15) is 19.4 Å². The first kappa shape index (κ1) is 10.5. The molecule has 0 saturated carbocycles. The number of ether oxygens (including phenoxy) is 1. The number of benzene rings is 1. The average Bonchev–Trinajstić information content (AvgIpc) is 2.67. The second kappa shape index (κ2) is 4.60. The van der Waals surface area contributed by atoms with Crippen molar-refractivity contribution in [2.24, 2.45) is 0 Å². The van der Waals surface area contributed by atoms with E-state index in [1.807, 2.05) is 13.8 Å². The SMILES string of the molecule is CC.O=[N+]([O-])c1ccc2c(c1)OCC2. The lowest BCUT2D eigenvalue weighted by molar-refractivity contribution is -0.384. The van der Waals surface area contributed by atoms with Gasteiger partial charge in [-0.25, -0.2) is 0 Å². The predicted octanol–water partition coefficient (Wildman–Crippen LogP) is 2.56. The molecule has 14 heavy (non-hydrogen) atoms. The summed E-state index contributed by atoms with van der Waals surface area (Å²) >= 11 is 0. The smallest absolute Gasteiger partial charge is 0.273 e. The maximum atomic E-state index is 10.4. The second-order valence-electron chi connectivity index (χ2n) is 2.65. The number of nitro benzene ring substituents is 1. The Labute approximate surface area is 82.7 Å². The molecule has 2 rings (SSSR count). The van der Waals surface area contributed by atoms with Crippen molar-refractivity contribution in [3.63, 3.8) is 0 Å². The number of nitrogens with zero attached hydrogens (tertiary/aromatic N) is 1. The van der Waals surface area contributed by atoms with E-state index in [-0.39, 0.29) is 5.69 Å². The van der Waals surface area contributed by atoms with Crippen LogP contribution in [0.2, 0.25) is 0 Å². The summed E-state index contributed by atoms with van der Waals surface area (Å²) in [4.78, 5) is 9.94. The number of non-ortho nitro benzene ring substituents is 1. The van der Waals surface area contributed by atoms with Gasteiger partial charge in [0.2, 0.25) is 0 Å². The molecular weight excluding hydrogens is 182 g/mol. The number of rotatable bonds is 1. The van der Waals surface area contributed by atoms with Gasteiger partial charge in [0.1, 0.15) is 5.75 Å². The molecule has 1 aromatic carbocycles. The van der Waals surface area contributed by atoms with Gasteiger partial charge < -0.3 is 4.74 Å². The van der Waals surface area contributed by atoms with E-state index >= 15 is 0 Å². The molecule has 1 heterocycles. The maximum Gasteiger partial charge on any atom is 0.273 e. The first-order valence-electron chi connectivity index (χ1n) is 4.67. The summed E-state index contributed by atoms with van der Waals surface area (Å²) < 4.78 is 5.18. The van der Waals surface area contributed by atoms with Crippen molar-refractivity contribution in [3.8, 4) is 5.75 Å². The highest BCUT2D eigenvalue weighted by molar-refractivity contribution is 5.45. The molecule has 0 atom stereocenters. The van der Waals surface area contributed by atoms with E-state index < -0.39 is 4.92 Å². The Balaban J connectivity index is 0.000000461. The van der Waals surface area contributed by atoms with Crippen molar-refractivity contribution in [1.82, 2.24) is 0 Å². The molecule has 0 radical (unpaired) electrons. The summed E-state index contributed by atoms with van der Waals surface area (Å²) in [5.41, 5.74) is 1.15. The molecule has 0 bridgehead atoms. The van der Waals surface area contributed by atoms with Crippen LogP contribution in [0.15, 0.2) is 18.2 Å². The summed E-state index contributed by atoms with van der Waals surface area (Å²) in [6.45, 7) is 4.64. The highest BCUT2D eigenvalue weighted by atomic mass is 16.6. The van der Waals surface area contributed by atoms with E-state index in [0.717, 1.165) is 12.0 Å². The van der Waals surface area contributed by atoms with Crippen LogP contribution in [0.25, 0.3) is 0 Å². The molecule has 0 spiro atoms. The fraction of sp³-hybridized carbons (Fsp3) is 0.400. The van der Waals surface area contributed by atoms with Gasteiger partial charge in [0, 0.05) is 12.5 Å². The normalized spacial score (nSPS) is 12.1. The Kier molecular flexibility index (Phi) is 3.45. The third kappa shape index (κ3) is 2.02. The van der Waals surface area contributed by atoms with E-state index in [9.17, 15) is 10.1 Å². The monoisotopic (exact) mass is 195 g/mol. The Hall–Kier alpha value is -1.58. The third-order valence-electron chi connectivity index (χ3n) is 1.89. The Morgan fingerprint density at radius 2 is 2.14 bits per heavy atom. The van der Waals surface area contributed by atoms with Crippen molar-refractivity contribution in [3.05, 3.63) is 33.9 Å². The van der Waals surface area contributed by atoms with Gasteiger partial charge in [-0.3, -0.25) is 10.1 Å². The second-order valence-corrected chi connectivity index (χ2v) is 2.65. The molecule has 0 unspecified atom stereocenters. The largest absolute Gasteiger partial charge is 0.493 e. The summed E-state index contributed by atoms with van der Waals surface area (Å²) in [6, 6.07) is 4.73. The molecule has 1 aromatic rings. The van der Waals surface area contributed by atoms with Gasteiger partial charge in [0.15, 0.2) is 0 Å². The molecule has 0 amide bonds. The fourth-order valence-corrected chi connectivity index (χ4v) is 1.27. The number of hydrogen-bond acceptors (Lipinski definition) is 3. The van der Waals surface area contributed by atoms with E-state index in [1.165, 1.54) is 12.1 Å². The van der Waals surface area contributed by atoms with Gasteiger partial charge in [0.05, 0.1) is 17.6 Å². The lowest BCUT2D eigenvalue weighted by Gasteiger charge is -1.96. The quantitative estimate of drug-likeness (QED) is 0.511. The molecule has 1 aliphatic heterocycles. The molecule has 0 saturated heterocycles. The Morgan fingerprint density at radius 3 is 2.79 bits per heavy atom. The van der Waals surface area contributed by atoms with Gasteiger partial charge in [-0.05, 0) is 11.6 Å². The molecule has 0 N–H and O–H groups in total. The minimum Gasteiger partial charge on any atom is -0.493 e. The van der Waals surface area contributed by atoms with Crippen molar-refractivity contribution < 1.29 is 9.66 Å². The van der Waals surface area contributed by atoms with Crippen molar-refractivity contribution >= 4 is 5.69 Å². The zero-order chi connectivity index (χ0) is 10.6. The van der Waals surface area contributed by atoms with E-state index in [2.05, 4.69) is 0 Å². The van der Waals surface area contributed by atoms with E-state index in [4.69, 9.17) is 4.74 Å². The molecule has 1 aliphatic rings. The maximum absolute atomic E-state index is 10.4. The number of nitro groups is 1. The summed E-state index contributed by atoms with van der Waals surface area (Å²) in [7, 11) is 0. The first-order chi connectivity index (χ1) is 6.77. The Bertz CT molecular complexity index is 336. The topological polar surface area (TPSA) is 52.4 Å². The zero-order valence-electron chi connectivity index (χ0n) is 8.32. The van der Waals surface area contributed by atoms with E-state index in [0.29, 0.717) is 12.4 Å². The van der Waals surface area contributed by atoms with Crippen LogP contribution in [0, 0.1) is 10.1 Å². The summed E-state index contributed by atoms with van der Waals surface area (Å²) in [5.74, 6) is 0.657. The lowest BCUT2D eigenvalue weighted by Crippen LogP contribution is -1.88. The van der Waals surface area contributed by atoms with Gasteiger partial charge in [0.25, 0.3) is 5.69 Å². The first-order valence-corrected chi connectivity index (χ1v) is 4.67. The highest BCUT2D eigenvalue weighted by Gasteiger charge is 2.15. The zero-order valence-corrected chi connectivity index (χ0v) is 8.32. The molecule has 4 heteroatoms. The molecule has 4 nitrogen and oxygen atoms in total. The van der Waals surface area contributed by atoms with Crippen LogP contribution < -0.4 is 4.74 Å². The van der Waals surface area contributed by atoms with Crippen molar-refractivity contribution in [1.29, 1.82) is 0 Å². The molecule has 0 aliphatic carbocycles. The van der Waals surface area contributed by atoms with Crippen LogP contribution in [-0.4, -0.2) is 11.5 Å². The molecular formula is C10H13NO3. The van der Waals surface area contributed by atoms with Crippen molar-refractivity contribution in [2.45, 2.75) is 20.3 Å². The minimum atomic E-state index is -0.415. The summed E-state index contributed by atoms with van der Waals surface area (Å²) in [5, 5.41) is 10.4. The van der Waals surface area contributed by atoms with Crippen LogP contribution in [-0.2, 0) is 6.42 Å². The van der Waals surface area contributed by atoms with Crippen LogP contribution >= 0.6 is 0 Å². The third-order valence-corrected chi connectivity index (χ3v) is 1.89. The van der Waals surface area contributed by atoms with Crippen LogP contribution in [0.4, 0.5) is 5.69 Å². The van der Waals surface area contributed by atoms with Crippen LogP contribution in [0.5, 0.6) is 5.75 Å². The van der Waals surface area contributed by atoms with Gasteiger partial charge in [-0.2, -0.15) is 0 Å². The molecule has 0 fully saturated rings. The fourth-order valence-electron chi connectivity index (χ4n) is 1.27. The molecule has 76 valence electrons. The average molecular weight is 195 g/mol.